The zero-order valence-electron chi connectivity index (χ0n) is 17.1. The third-order valence-electron chi connectivity index (χ3n) is 5.46. The van der Waals surface area contributed by atoms with E-state index < -0.39 is 11.2 Å². The van der Waals surface area contributed by atoms with E-state index >= 15 is 0 Å². The molecule has 4 rings (SSSR count). The Morgan fingerprint density at radius 1 is 1.33 bits per heavy atom. The Labute approximate surface area is 183 Å². The minimum atomic E-state index is -0.455. The van der Waals surface area contributed by atoms with Gasteiger partial charge in [0.05, 0.1) is 23.4 Å². The molecule has 1 aromatic carbocycles. The van der Waals surface area contributed by atoms with Gasteiger partial charge in [-0.25, -0.2) is 4.98 Å². The average Bonchev–Trinajstić information content (AvgIpc) is 2.93. The Morgan fingerprint density at radius 3 is 2.87 bits per heavy atom. The first-order valence-corrected chi connectivity index (χ1v) is 11.9. The molecule has 1 amide bonds. The number of thiophene rings is 1. The number of methoxy groups -OCH3 is 1. The minimum Gasteiger partial charge on any atom is -0.497 e. The summed E-state index contributed by atoms with van der Waals surface area (Å²) in [4.78, 5) is 32.6. The number of carbonyl (C=O) groups excluding carboxylic acids is 1. The number of nitrogens with two attached hydrogens (primary N) is 1. The van der Waals surface area contributed by atoms with Crippen molar-refractivity contribution in [2.24, 2.45) is 5.73 Å². The predicted octanol–water partition coefficient (Wildman–Crippen LogP) is 4.08. The number of nitrogens with zero attached hydrogens (tertiary/aromatic N) is 2. The summed E-state index contributed by atoms with van der Waals surface area (Å²) in [6.45, 7) is 1.91. The van der Waals surface area contributed by atoms with Crippen molar-refractivity contribution >= 4 is 39.2 Å². The molecule has 6 nitrogen and oxygen atoms in total. The number of hydrogen-bond acceptors (Lipinski definition) is 6. The van der Waals surface area contributed by atoms with Gasteiger partial charge in [-0.1, -0.05) is 31.2 Å². The van der Waals surface area contributed by atoms with E-state index in [-0.39, 0.29) is 5.56 Å². The summed E-state index contributed by atoms with van der Waals surface area (Å²) in [5.74, 6) is 0.248. The maximum Gasteiger partial charge on any atom is 0.267 e. The SMILES string of the molecule is CCC(Sc1nc2sc3c(c2c(=O)n1-c1cccc(OC)c1)CCCCC3)C(N)=O. The number of rotatable bonds is 6. The number of hydrogen-bond donors (Lipinski definition) is 1. The number of amides is 1. The summed E-state index contributed by atoms with van der Waals surface area (Å²) in [6, 6.07) is 7.36. The van der Waals surface area contributed by atoms with Gasteiger partial charge < -0.3 is 10.5 Å². The molecule has 0 radical (unpaired) electrons. The first kappa shape index (κ1) is 20.9. The summed E-state index contributed by atoms with van der Waals surface area (Å²) >= 11 is 2.87. The van der Waals surface area contributed by atoms with Crippen LogP contribution in [0.1, 0.15) is 43.0 Å². The van der Waals surface area contributed by atoms with Crippen molar-refractivity contribution in [1.29, 1.82) is 0 Å². The minimum absolute atomic E-state index is 0.0884. The molecule has 1 atom stereocenters. The Morgan fingerprint density at radius 2 is 2.13 bits per heavy atom. The van der Waals surface area contributed by atoms with E-state index in [0.717, 1.165) is 41.5 Å². The van der Waals surface area contributed by atoms with Gasteiger partial charge in [0, 0.05) is 10.9 Å². The largest absolute Gasteiger partial charge is 0.497 e. The van der Waals surface area contributed by atoms with Gasteiger partial charge in [0.15, 0.2) is 5.16 Å². The van der Waals surface area contributed by atoms with Crippen LogP contribution in [-0.2, 0) is 17.6 Å². The highest BCUT2D eigenvalue weighted by molar-refractivity contribution is 8.00. The van der Waals surface area contributed by atoms with Crippen LogP contribution in [0.4, 0.5) is 0 Å². The molecular weight excluding hydrogens is 418 g/mol. The van der Waals surface area contributed by atoms with Crippen LogP contribution in [0.15, 0.2) is 34.2 Å². The van der Waals surface area contributed by atoms with Crippen LogP contribution in [0, 0.1) is 0 Å². The fourth-order valence-corrected chi connectivity index (χ4v) is 6.17. The molecular formula is C22H25N3O3S2. The van der Waals surface area contributed by atoms with Crippen molar-refractivity contribution in [3.8, 4) is 11.4 Å². The molecule has 3 aromatic rings. The van der Waals surface area contributed by atoms with Crippen molar-refractivity contribution < 1.29 is 9.53 Å². The molecule has 0 saturated carbocycles. The Kier molecular flexibility index (Phi) is 6.15. The third kappa shape index (κ3) is 3.86. The first-order valence-electron chi connectivity index (χ1n) is 10.2. The predicted molar refractivity (Wildman–Crippen MR) is 122 cm³/mol. The second-order valence-electron chi connectivity index (χ2n) is 7.40. The fourth-order valence-electron chi connectivity index (χ4n) is 3.89. The van der Waals surface area contributed by atoms with Crippen LogP contribution in [0.2, 0.25) is 0 Å². The van der Waals surface area contributed by atoms with Gasteiger partial charge in [-0.15, -0.1) is 11.3 Å². The molecule has 1 aliphatic rings. The summed E-state index contributed by atoms with van der Waals surface area (Å²) in [5.41, 5.74) is 7.32. The second kappa shape index (κ2) is 8.81. The number of benzene rings is 1. The molecule has 2 aromatic heterocycles. The fraction of sp³-hybridized carbons (Fsp3) is 0.409. The monoisotopic (exact) mass is 443 g/mol. The number of ether oxygens (including phenoxy) is 1. The van der Waals surface area contributed by atoms with Crippen LogP contribution in [0.5, 0.6) is 5.75 Å². The van der Waals surface area contributed by atoms with Crippen LogP contribution in [-0.4, -0.2) is 27.8 Å². The van der Waals surface area contributed by atoms with E-state index in [2.05, 4.69) is 0 Å². The highest BCUT2D eigenvalue weighted by Crippen LogP contribution is 2.35. The smallest absolute Gasteiger partial charge is 0.267 e. The molecule has 1 aliphatic carbocycles. The Bertz CT molecular complexity index is 1150. The van der Waals surface area contributed by atoms with Crippen LogP contribution < -0.4 is 16.0 Å². The molecule has 8 heteroatoms. The molecule has 158 valence electrons. The number of primary amides is 1. The summed E-state index contributed by atoms with van der Waals surface area (Å²) in [6.07, 6.45) is 5.89. The first-order chi connectivity index (χ1) is 14.5. The zero-order chi connectivity index (χ0) is 21.3. The molecule has 0 spiro atoms. The van der Waals surface area contributed by atoms with E-state index in [1.807, 2.05) is 31.2 Å². The van der Waals surface area contributed by atoms with Crippen LogP contribution in [0.3, 0.4) is 0 Å². The molecule has 30 heavy (non-hydrogen) atoms. The molecule has 0 fully saturated rings. The number of fused-ring (bicyclic) bond motifs is 3. The molecule has 0 aliphatic heterocycles. The van der Waals surface area contributed by atoms with Gasteiger partial charge in [-0.3, -0.25) is 14.2 Å². The zero-order valence-corrected chi connectivity index (χ0v) is 18.8. The van der Waals surface area contributed by atoms with Crippen LogP contribution in [0.25, 0.3) is 15.9 Å². The molecule has 2 heterocycles. The number of aromatic nitrogens is 2. The average molecular weight is 444 g/mol. The van der Waals surface area contributed by atoms with Gasteiger partial charge in [0.1, 0.15) is 10.6 Å². The van der Waals surface area contributed by atoms with E-state index in [1.54, 1.807) is 23.0 Å². The molecule has 0 bridgehead atoms. The maximum absolute atomic E-state index is 13.8. The molecule has 0 saturated heterocycles. The van der Waals surface area contributed by atoms with Crippen molar-refractivity contribution in [3.63, 3.8) is 0 Å². The van der Waals surface area contributed by atoms with Gasteiger partial charge in [0.2, 0.25) is 5.91 Å². The maximum atomic E-state index is 13.8. The highest BCUT2D eigenvalue weighted by Gasteiger charge is 2.25. The summed E-state index contributed by atoms with van der Waals surface area (Å²) < 4.78 is 6.97. The lowest BCUT2D eigenvalue weighted by Gasteiger charge is -2.16. The van der Waals surface area contributed by atoms with E-state index in [9.17, 15) is 9.59 Å². The van der Waals surface area contributed by atoms with Crippen molar-refractivity contribution in [1.82, 2.24) is 9.55 Å². The van der Waals surface area contributed by atoms with Crippen molar-refractivity contribution in [2.75, 3.05) is 7.11 Å². The third-order valence-corrected chi connectivity index (χ3v) is 7.98. The molecule has 2 N–H and O–H groups in total. The topological polar surface area (TPSA) is 87.2 Å². The van der Waals surface area contributed by atoms with Gasteiger partial charge in [-0.05, 0) is 49.8 Å². The van der Waals surface area contributed by atoms with Crippen molar-refractivity contribution in [2.45, 2.75) is 55.9 Å². The van der Waals surface area contributed by atoms with Gasteiger partial charge >= 0.3 is 0 Å². The lowest BCUT2D eigenvalue weighted by Crippen LogP contribution is -2.28. The van der Waals surface area contributed by atoms with Gasteiger partial charge in [-0.2, -0.15) is 0 Å². The number of carbonyl (C=O) groups is 1. The lowest BCUT2D eigenvalue weighted by atomic mass is 10.1. The number of thioether (sulfide) groups is 1. The number of aryl methyl sites for hydroxylation is 2. The van der Waals surface area contributed by atoms with E-state index in [1.165, 1.54) is 23.1 Å². The Hall–Kier alpha value is -2.32. The Balaban J connectivity index is 1.98. The lowest BCUT2D eigenvalue weighted by molar-refractivity contribution is -0.117. The van der Waals surface area contributed by atoms with E-state index in [4.69, 9.17) is 15.5 Å². The van der Waals surface area contributed by atoms with Crippen molar-refractivity contribution in [3.05, 3.63) is 45.1 Å². The quantitative estimate of drug-likeness (QED) is 0.352. The normalized spacial score (nSPS) is 14.9. The second-order valence-corrected chi connectivity index (χ2v) is 9.65. The summed E-state index contributed by atoms with van der Waals surface area (Å²) in [7, 11) is 1.60. The standard InChI is InChI=1S/C22H25N3O3S2/c1-3-16(19(23)26)30-22-24-20-18(15-10-5-4-6-11-17(15)29-20)21(27)25(22)13-8-7-9-14(12-13)28-2/h7-9,12,16H,3-6,10-11H2,1-2H3,(H2,23,26). The highest BCUT2D eigenvalue weighted by atomic mass is 32.2. The van der Waals surface area contributed by atoms with Gasteiger partial charge in [0.25, 0.3) is 5.56 Å². The molecule has 1 unspecified atom stereocenters. The van der Waals surface area contributed by atoms with E-state index in [0.29, 0.717) is 23.0 Å². The summed E-state index contributed by atoms with van der Waals surface area (Å²) in [5, 5.41) is 0.753. The van der Waals surface area contributed by atoms with Crippen LogP contribution >= 0.6 is 23.1 Å².